The molecule has 0 saturated carbocycles. The minimum atomic E-state index is -4.40. The molecule has 0 spiro atoms. The van der Waals surface area contributed by atoms with Crippen molar-refractivity contribution in [1.82, 2.24) is 0 Å². The molecule has 1 aliphatic heterocycles. The maximum Gasteiger partial charge on any atom is 0.336 e. The first-order chi connectivity index (χ1) is 12.5. The van der Waals surface area contributed by atoms with Gasteiger partial charge in [0.1, 0.15) is 29.6 Å². The Morgan fingerprint density at radius 2 is 1.81 bits per heavy atom. The SMILES string of the molecule is C[C@@H]1O[C@@H](Oc2ccc3c(CP(=O)(O)O)cc(=O)oc3c2)[C@@H](O)[C@H](O)[C@@H]1O. The molecule has 2 aromatic rings. The zero-order valence-corrected chi connectivity index (χ0v) is 15.0. The van der Waals surface area contributed by atoms with Crippen LogP contribution in [0.4, 0.5) is 0 Å². The lowest BCUT2D eigenvalue weighted by atomic mass is 10.00. The van der Waals surface area contributed by atoms with Crippen LogP contribution in [0.5, 0.6) is 5.75 Å². The van der Waals surface area contributed by atoms with E-state index in [0.29, 0.717) is 5.39 Å². The molecule has 1 fully saturated rings. The number of ether oxygens (including phenoxy) is 2. The Kier molecular flexibility index (Phi) is 5.42. The molecule has 0 amide bonds. The van der Waals surface area contributed by atoms with E-state index in [1.807, 2.05) is 0 Å². The maximum atomic E-state index is 11.7. The third-order valence-corrected chi connectivity index (χ3v) is 4.99. The Morgan fingerprint density at radius 1 is 1.11 bits per heavy atom. The van der Waals surface area contributed by atoms with Gasteiger partial charge in [0.15, 0.2) is 0 Å². The van der Waals surface area contributed by atoms with E-state index in [2.05, 4.69) is 0 Å². The lowest BCUT2D eigenvalue weighted by Crippen LogP contribution is -2.58. The second-order valence-corrected chi connectivity index (χ2v) is 8.02. The van der Waals surface area contributed by atoms with Gasteiger partial charge in [0.25, 0.3) is 0 Å². The summed E-state index contributed by atoms with van der Waals surface area (Å²) in [6, 6.07) is 5.19. The highest BCUT2D eigenvalue weighted by molar-refractivity contribution is 7.50. The number of hydrogen-bond donors (Lipinski definition) is 5. The summed E-state index contributed by atoms with van der Waals surface area (Å²) in [5.41, 5.74) is -0.631. The van der Waals surface area contributed by atoms with Gasteiger partial charge in [-0.25, -0.2) is 4.79 Å². The van der Waals surface area contributed by atoms with Crippen LogP contribution in [0, 0.1) is 0 Å². The van der Waals surface area contributed by atoms with Gasteiger partial charge < -0.3 is 39.0 Å². The standard InChI is InChI=1S/C16H19O10P/c1-7-13(18)14(19)15(20)16(24-7)25-9-2-3-10-8(6-27(21,22)23)4-12(17)26-11(10)5-9/h2-5,7,13-16,18-20H,6H2,1H3,(H2,21,22,23)/t7-,13+,14+,15-,16-/m0/s1. The number of benzene rings is 1. The molecule has 1 aromatic carbocycles. The lowest BCUT2D eigenvalue weighted by Gasteiger charge is -2.38. The van der Waals surface area contributed by atoms with Gasteiger partial charge in [-0.15, -0.1) is 0 Å². The van der Waals surface area contributed by atoms with Crippen LogP contribution < -0.4 is 10.4 Å². The number of rotatable bonds is 4. The minimum Gasteiger partial charge on any atom is -0.462 e. The average Bonchev–Trinajstić information content (AvgIpc) is 2.56. The summed E-state index contributed by atoms with van der Waals surface area (Å²) in [5.74, 6) is 0.124. The highest BCUT2D eigenvalue weighted by Crippen LogP contribution is 2.40. The van der Waals surface area contributed by atoms with Gasteiger partial charge in [-0.2, -0.15) is 0 Å². The predicted octanol–water partition coefficient (Wildman–Crippen LogP) is -0.323. The first kappa shape index (κ1) is 20.0. The van der Waals surface area contributed by atoms with Crippen molar-refractivity contribution in [2.45, 2.75) is 43.8 Å². The molecule has 5 atom stereocenters. The predicted molar refractivity (Wildman–Crippen MR) is 91.2 cm³/mol. The van der Waals surface area contributed by atoms with Crippen molar-refractivity contribution in [3.05, 3.63) is 40.2 Å². The molecular weight excluding hydrogens is 383 g/mol. The van der Waals surface area contributed by atoms with Gasteiger partial charge in [0, 0.05) is 17.5 Å². The fourth-order valence-electron chi connectivity index (χ4n) is 2.88. The summed E-state index contributed by atoms with van der Waals surface area (Å²) < 4.78 is 27.1. The highest BCUT2D eigenvalue weighted by Gasteiger charge is 2.43. The van der Waals surface area contributed by atoms with E-state index >= 15 is 0 Å². The van der Waals surface area contributed by atoms with Crippen LogP contribution in [0.15, 0.2) is 33.5 Å². The minimum absolute atomic E-state index is 0.0300. The quantitative estimate of drug-likeness (QED) is 0.338. The van der Waals surface area contributed by atoms with Crippen molar-refractivity contribution in [1.29, 1.82) is 0 Å². The van der Waals surface area contributed by atoms with Gasteiger partial charge in [0.05, 0.1) is 12.3 Å². The average molecular weight is 402 g/mol. The topological polar surface area (TPSA) is 167 Å². The molecule has 1 aliphatic rings. The van der Waals surface area contributed by atoms with Crippen LogP contribution in [0.1, 0.15) is 12.5 Å². The summed E-state index contributed by atoms with van der Waals surface area (Å²) >= 11 is 0. The summed E-state index contributed by atoms with van der Waals surface area (Å²) in [6.07, 6.45) is -6.94. The van der Waals surface area contributed by atoms with Crippen molar-refractivity contribution in [3.8, 4) is 5.75 Å². The van der Waals surface area contributed by atoms with Crippen molar-refractivity contribution >= 4 is 18.6 Å². The number of hydrogen-bond acceptors (Lipinski definition) is 8. The van der Waals surface area contributed by atoms with Crippen LogP contribution in [0.3, 0.4) is 0 Å². The number of fused-ring (bicyclic) bond motifs is 1. The van der Waals surface area contributed by atoms with Crippen LogP contribution in [-0.4, -0.2) is 55.8 Å². The zero-order valence-electron chi connectivity index (χ0n) is 14.1. The van der Waals surface area contributed by atoms with E-state index in [4.69, 9.17) is 23.7 Å². The summed E-state index contributed by atoms with van der Waals surface area (Å²) in [5, 5.41) is 29.8. The van der Waals surface area contributed by atoms with Gasteiger partial charge in [-0.3, -0.25) is 4.57 Å². The molecule has 0 unspecified atom stereocenters. The van der Waals surface area contributed by atoms with Crippen molar-refractivity contribution in [3.63, 3.8) is 0 Å². The van der Waals surface area contributed by atoms with E-state index in [-0.39, 0.29) is 16.9 Å². The monoisotopic (exact) mass is 402 g/mol. The molecule has 3 rings (SSSR count). The van der Waals surface area contributed by atoms with Crippen LogP contribution in [0.2, 0.25) is 0 Å². The van der Waals surface area contributed by atoms with E-state index in [9.17, 15) is 24.7 Å². The Hall–Kier alpha value is -1.78. The molecular formula is C16H19O10P. The molecule has 1 aromatic heterocycles. The van der Waals surface area contributed by atoms with Gasteiger partial charge in [-0.05, 0) is 24.6 Å². The fraction of sp³-hybridized carbons (Fsp3) is 0.438. The second kappa shape index (κ2) is 7.33. The number of aliphatic hydroxyl groups excluding tert-OH is 3. The Bertz CT molecular complexity index is 934. The lowest BCUT2D eigenvalue weighted by molar-refractivity contribution is -0.268. The van der Waals surface area contributed by atoms with Crippen LogP contribution in [0.25, 0.3) is 11.0 Å². The van der Waals surface area contributed by atoms with E-state index in [1.165, 1.54) is 25.1 Å². The van der Waals surface area contributed by atoms with E-state index in [1.54, 1.807) is 0 Å². The molecule has 10 nitrogen and oxygen atoms in total. The summed E-state index contributed by atoms with van der Waals surface area (Å²) in [6.45, 7) is 1.50. The second-order valence-electron chi connectivity index (χ2n) is 6.37. The molecule has 0 radical (unpaired) electrons. The molecule has 1 saturated heterocycles. The maximum absolute atomic E-state index is 11.7. The number of aliphatic hydroxyl groups is 3. The third-order valence-electron chi connectivity index (χ3n) is 4.24. The molecule has 0 aliphatic carbocycles. The van der Waals surface area contributed by atoms with Crippen LogP contribution >= 0.6 is 7.60 Å². The van der Waals surface area contributed by atoms with Gasteiger partial charge in [0.2, 0.25) is 6.29 Å². The van der Waals surface area contributed by atoms with E-state index < -0.39 is 50.1 Å². The Labute approximate surface area is 152 Å². The Balaban J connectivity index is 1.91. The molecule has 11 heteroatoms. The third kappa shape index (κ3) is 4.39. The van der Waals surface area contributed by atoms with Crippen LogP contribution in [-0.2, 0) is 15.5 Å². The molecule has 5 N–H and O–H groups in total. The zero-order chi connectivity index (χ0) is 19.9. The summed E-state index contributed by atoms with van der Waals surface area (Å²) in [7, 11) is -4.40. The van der Waals surface area contributed by atoms with Gasteiger partial charge >= 0.3 is 13.2 Å². The van der Waals surface area contributed by atoms with Crippen molar-refractivity contribution in [2.24, 2.45) is 0 Å². The van der Waals surface area contributed by atoms with E-state index in [0.717, 1.165) is 6.07 Å². The fourth-order valence-corrected chi connectivity index (χ4v) is 3.59. The first-order valence-electron chi connectivity index (χ1n) is 8.03. The van der Waals surface area contributed by atoms with Gasteiger partial charge in [-0.1, -0.05) is 0 Å². The smallest absolute Gasteiger partial charge is 0.336 e. The first-order valence-corrected chi connectivity index (χ1v) is 9.82. The van der Waals surface area contributed by atoms with Crippen molar-refractivity contribution < 1.29 is 43.6 Å². The van der Waals surface area contributed by atoms with Crippen molar-refractivity contribution in [2.75, 3.05) is 0 Å². The Morgan fingerprint density at radius 3 is 2.48 bits per heavy atom. The molecule has 27 heavy (non-hydrogen) atoms. The largest absolute Gasteiger partial charge is 0.462 e. The molecule has 148 valence electrons. The summed E-state index contributed by atoms with van der Waals surface area (Å²) in [4.78, 5) is 30.0. The normalized spacial score (nSPS) is 29.0. The molecule has 0 bridgehead atoms. The molecule has 2 heterocycles. The highest BCUT2D eigenvalue weighted by atomic mass is 31.2.